The van der Waals surface area contributed by atoms with E-state index < -0.39 is 0 Å². The highest BCUT2D eigenvalue weighted by molar-refractivity contribution is 6.30. The number of hydrazone groups is 1. The lowest BCUT2D eigenvalue weighted by molar-refractivity contribution is 0.0955. The van der Waals surface area contributed by atoms with Crippen LogP contribution in [0.15, 0.2) is 71.8 Å². The van der Waals surface area contributed by atoms with E-state index in [1.165, 1.54) is 30.5 Å². The highest BCUT2D eigenvalue weighted by Gasteiger charge is 2.07. The summed E-state index contributed by atoms with van der Waals surface area (Å²) in [5.41, 5.74) is 4.57. The third kappa shape index (κ3) is 5.99. The third-order valence-electron chi connectivity index (χ3n) is 4.08. The Hall–Kier alpha value is -3.51. The van der Waals surface area contributed by atoms with Crippen LogP contribution in [0.2, 0.25) is 5.02 Å². The van der Waals surface area contributed by atoms with Gasteiger partial charge in [-0.1, -0.05) is 23.7 Å². The number of hydrogen-bond acceptors (Lipinski definition) is 5. The van der Waals surface area contributed by atoms with Crippen molar-refractivity contribution in [1.82, 2.24) is 5.43 Å². The van der Waals surface area contributed by atoms with Crippen molar-refractivity contribution in [2.24, 2.45) is 5.10 Å². The van der Waals surface area contributed by atoms with Crippen molar-refractivity contribution in [1.29, 1.82) is 0 Å². The molecule has 0 unspecified atom stereocenters. The Morgan fingerprint density at radius 3 is 2.47 bits per heavy atom. The van der Waals surface area contributed by atoms with E-state index in [0.29, 0.717) is 35.3 Å². The first-order chi connectivity index (χ1) is 14.5. The summed E-state index contributed by atoms with van der Waals surface area (Å²) < 4.78 is 11.6. The minimum absolute atomic E-state index is 0.0943. The zero-order valence-electron chi connectivity index (χ0n) is 16.3. The van der Waals surface area contributed by atoms with Crippen molar-refractivity contribution in [3.63, 3.8) is 0 Å². The number of ether oxygens (including phenoxy) is 2. The van der Waals surface area contributed by atoms with Crippen molar-refractivity contribution < 1.29 is 19.4 Å². The number of halogens is 1. The van der Waals surface area contributed by atoms with Crippen molar-refractivity contribution in [3.05, 3.63) is 88.4 Å². The smallest absolute Gasteiger partial charge is 0.271 e. The minimum atomic E-state index is -0.376. The summed E-state index contributed by atoms with van der Waals surface area (Å²) >= 11 is 5.91. The molecule has 0 spiro atoms. The normalized spacial score (nSPS) is 10.7. The number of phenols is 1. The van der Waals surface area contributed by atoms with Crippen LogP contribution < -0.4 is 14.9 Å². The summed E-state index contributed by atoms with van der Waals surface area (Å²) in [4.78, 5) is 12.1. The molecule has 0 aromatic heterocycles. The molecule has 0 aliphatic heterocycles. The number of benzene rings is 3. The molecule has 30 heavy (non-hydrogen) atoms. The van der Waals surface area contributed by atoms with Crippen LogP contribution in [0.25, 0.3) is 0 Å². The van der Waals surface area contributed by atoms with Crippen LogP contribution in [0.1, 0.15) is 28.4 Å². The SMILES string of the molecule is CCOc1cc(/C=N\NC(=O)c2ccc(O)cc2)ccc1OCc1ccc(Cl)cc1. The van der Waals surface area contributed by atoms with Crippen LogP contribution in [0.5, 0.6) is 17.2 Å². The Bertz CT molecular complexity index is 1020. The van der Waals surface area contributed by atoms with Gasteiger partial charge < -0.3 is 14.6 Å². The van der Waals surface area contributed by atoms with Gasteiger partial charge >= 0.3 is 0 Å². The third-order valence-corrected chi connectivity index (χ3v) is 4.34. The Morgan fingerprint density at radius 1 is 1.03 bits per heavy atom. The second-order valence-electron chi connectivity index (χ2n) is 6.30. The van der Waals surface area contributed by atoms with Crippen molar-refractivity contribution in [3.8, 4) is 17.2 Å². The molecule has 7 heteroatoms. The van der Waals surface area contributed by atoms with E-state index in [2.05, 4.69) is 10.5 Å². The van der Waals surface area contributed by atoms with Gasteiger partial charge in [0.05, 0.1) is 12.8 Å². The minimum Gasteiger partial charge on any atom is -0.508 e. The van der Waals surface area contributed by atoms with Gasteiger partial charge in [-0.25, -0.2) is 5.43 Å². The number of phenolic OH excluding ortho intramolecular Hbond substituents is 1. The summed E-state index contributed by atoms with van der Waals surface area (Å²) in [6.45, 7) is 2.75. The Balaban J connectivity index is 1.64. The maximum atomic E-state index is 12.1. The summed E-state index contributed by atoms with van der Waals surface area (Å²) in [7, 11) is 0. The first-order valence-corrected chi connectivity index (χ1v) is 9.69. The van der Waals surface area contributed by atoms with Gasteiger partial charge in [0.25, 0.3) is 5.91 Å². The van der Waals surface area contributed by atoms with Crippen LogP contribution in [0.3, 0.4) is 0 Å². The molecule has 0 radical (unpaired) electrons. The standard InChI is InChI=1S/C23H21ClN2O4/c1-2-29-22-13-17(14-25-26-23(28)18-6-10-20(27)11-7-18)5-12-21(22)30-15-16-3-8-19(24)9-4-16/h3-14,27H,2,15H2,1H3,(H,26,28)/b25-14-. The predicted molar refractivity (Wildman–Crippen MR) is 117 cm³/mol. The highest BCUT2D eigenvalue weighted by atomic mass is 35.5. The highest BCUT2D eigenvalue weighted by Crippen LogP contribution is 2.29. The van der Waals surface area contributed by atoms with Crippen molar-refractivity contribution in [2.45, 2.75) is 13.5 Å². The number of rotatable bonds is 8. The first-order valence-electron chi connectivity index (χ1n) is 9.31. The van der Waals surface area contributed by atoms with Gasteiger partial charge in [-0.2, -0.15) is 5.10 Å². The average Bonchev–Trinajstić information content (AvgIpc) is 2.75. The van der Waals surface area contributed by atoms with Crippen LogP contribution in [-0.4, -0.2) is 23.8 Å². The Labute approximate surface area is 179 Å². The quantitative estimate of drug-likeness (QED) is 0.402. The first kappa shape index (κ1) is 21.2. The molecule has 154 valence electrons. The maximum Gasteiger partial charge on any atom is 0.271 e. The fourth-order valence-corrected chi connectivity index (χ4v) is 2.70. The van der Waals surface area contributed by atoms with Gasteiger partial charge in [0, 0.05) is 10.6 Å². The van der Waals surface area contributed by atoms with Crippen molar-refractivity contribution >= 4 is 23.7 Å². The number of carbonyl (C=O) groups excluding carboxylic acids is 1. The molecule has 3 aromatic rings. The molecular weight excluding hydrogens is 404 g/mol. The number of carbonyl (C=O) groups is 1. The maximum absolute atomic E-state index is 12.1. The lowest BCUT2D eigenvalue weighted by atomic mass is 10.2. The van der Waals surface area contributed by atoms with Crippen LogP contribution in [0, 0.1) is 0 Å². The second-order valence-corrected chi connectivity index (χ2v) is 6.74. The molecule has 0 aliphatic carbocycles. The number of amides is 1. The van der Waals surface area contributed by atoms with Gasteiger partial charge in [0.2, 0.25) is 0 Å². The van der Waals surface area contributed by atoms with Crippen LogP contribution in [-0.2, 0) is 6.61 Å². The van der Waals surface area contributed by atoms with Gasteiger partial charge in [0.1, 0.15) is 12.4 Å². The lowest BCUT2D eigenvalue weighted by Gasteiger charge is -2.12. The predicted octanol–water partition coefficient (Wildman–Crippen LogP) is 4.79. The van der Waals surface area contributed by atoms with E-state index in [-0.39, 0.29) is 11.7 Å². The zero-order valence-corrected chi connectivity index (χ0v) is 17.1. The number of aromatic hydroxyl groups is 1. The fraction of sp³-hybridized carbons (Fsp3) is 0.130. The van der Waals surface area contributed by atoms with E-state index in [9.17, 15) is 9.90 Å². The molecule has 6 nitrogen and oxygen atoms in total. The monoisotopic (exact) mass is 424 g/mol. The summed E-state index contributed by atoms with van der Waals surface area (Å²) in [5.74, 6) is 0.911. The summed E-state index contributed by atoms with van der Waals surface area (Å²) in [6, 6.07) is 18.7. The molecule has 0 saturated carbocycles. The largest absolute Gasteiger partial charge is 0.508 e. The van der Waals surface area contributed by atoms with Gasteiger partial charge in [0.15, 0.2) is 11.5 Å². The molecule has 3 rings (SSSR count). The lowest BCUT2D eigenvalue weighted by Crippen LogP contribution is -2.17. The van der Waals surface area contributed by atoms with E-state index >= 15 is 0 Å². The van der Waals surface area contributed by atoms with E-state index in [1.807, 2.05) is 37.3 Å². The zero-order chi connectivity index (χ0) is 21.3. The second kappa shape index (κ2) is 10.3. The van der Waals surface area contributed by atoms with Gasteiger partial charge in [-0.3, -0.25) is 4.79 Å². The molecule has 0 heterocycles. The van der Waals surface area contributed by atoms with Crippen molar-refractivity contribution in [2.75, 3.05) is 6.61 Å². The fourth-order valence-electron chi connectivity index (χ4n) is 2.58. The Morgan fingerprint density at radius 2 is 1.77 bits per heavy atom. The molecule has 0 fully saturated rings. The summed E-state index contributed by atoms with van der Waals surface area (Å²) in [5, 5.41) is 13.9. The van der Waals surface area contributed by atoms with Gasteiger partial charge in [-0.05, 0) is 72.6 Å². The molecule has 0 aliphatic rings. The topological polar surface area (TPSA) is 80.2 Å². The molecule has 0 saturated heterocycles. The number of nitrogens with zero attached hydrogens (tertiary/aromatic N) is 1. The van der Waals surface area contributed by atoms with Crippen LogP contribution >= 0.6 is 11.6 Å². The molecule has 2 N–H and O–H groups in total. The molecule has 0 atom stereocenters. The van der Waals surface area contributed by atoms with E-state index in [0.717, 1.165) is 11.1 Å². The van der Waals surface area contributed by atoms with Crippen LogP contribution in [0.4, 0.5) is 0 Å². The summed E-state index contributed by atoms with van der Waals surface area (Å²) in [6.07, 6.45) is 1.52. The molecule has 3 aromatic carbocycles. The molecular formula is C23H21ClN2O4. The Kier molecular flexibility index (Phi) is 7.29. The average molecular weight is 425 g/mol. The van der Waals surface area contributed by atoms with Gasteiger partial charge in [-0.15, -0.1) is 0 Å². The molecule has 1 amide bonds. The van der Waals surface area contributed by atoms with E-state index in [4.69, 9.17) is 21.1 Å². The number of nitrogens with one attached hydrogen (secondary N) is 1. The van der Waals surface area contributed by atoms with E-state index in [1.54, 1.807) is 12.1 Å². The molecule has 0 bridgehead atoms. The number of hydrogen-bond donors (Lipinski definition) is 2.